The zero-order valence-electron chi connectivity index (χ0n) is 48.2. The van der Waals surface area contributed by atoms with Gasteiger partial charge in [0.25, 0.3) is 0 Å². The molecule has 0 amide bonds. The van der Waals surface area contributed by atoms with Crippen molar-refractivity contribution in [3.8, 4) is 0 Å². The molecule has 0 radical (unpaired) electrons. The molecule has 0 unspecified atom stereocenters. The number of hydrogen-bond donors (Lipinski definition) is 0. The van der Waals surface area contributed by atoms with Gasteiger partial charge in [-0.3, -0.25) is 0 Å². The van der Waals surface area contributed by atoms with Gasteiger partial charge in [0, 0.05) is 99.1 Å². The fourth-order valence-electron chi connectivity index (χ4n) is 12.9. The van der Waals surface area contributed by atoms with Crippen LogP contribution in [0.25, 0.3) is 109 Å². The number of fused-ring (bicyclic) bond motifs is 17. The average Bonchev–Trinajstić information content (AvgIpc) is 2.35. The molecule has 0 aliphatic rings. The lowest BCUT2D eigenvalue weighted by Gasteiger charge is -2.26. The van der Waals surface area contributed by atoms with Gasteiger partial charge in [-0.05, 0) is 166 Å². The molecule has 82 heavy (non-hydrogen) atoms. The fraction of sp³-hybridized carbons (Fsp3) is 0.184. The van der Waals surface area contributed by atoms with Crippen LogP contribution in [0.3, 0.4) is 0 Å². The molecule has 0 saturated heterocycles. The topological polar surface area (TPSA) is 59.0 Å². The number of benzene rings is 11. The normalized spacial score (nSPS) is 12.7. The third-order valence-corrected chi connectivity index (χ3v) is 17.2. The Morgan fingerprint density at radius 3 is 1.02 bits per heavy atom. The maximum atomic E-state index is 6.93. The van der Waals surface area contributed by atoms with E-state index >= 15 is 0 Å². The average molecular weight is 1070 g/mol. The van der Waals surface area contributed by atoms with Gasteiger partial charge < -0.3 is 27.5 Å². The van der Waals surface area contributed by atoms with Gasteiger partial charge in [-0.1, -0.05) is 142 Å². The Hall–Kier alpha value is -9.26. The molecule has 0 atom stereocenters. The lowest BCUT2D eigenvalue weighted by atomic mass is 9.86. The Morgan fingerprint density at radius 2 is 0.634 bits per heavy atom. The van der Waals surface area contributed by atoms with E-state index in [-0.39, 0.29) is 10.8 Å². The van der Waals surface area contributed by atoms with Crippen LogP contribution in [0.15, 0.2) is 212 Å². The summed E-state index contributed by atoms with van der Waals surface area (Å²) in [5.74, 6) is 0.843. The first kappa shape index (κ1) is 49.8. The summed E-state index contributed by atoms with van der Waals surface area (Å²) in [4.78, 5) is 4.72. The van der Waals surface area contributed by atoms with Crippen LogP contribution in [-0.4, -0.2) is 0 Å². The monoisotopic (exact) mass is 1070 g/mol. The first-order chi connectivity index (χ1) is 39.5. The molecule has 0 spiro atoms. The van der Waals surface area contributed by atoms with E-state index < -0.39 is 0 Å². The van der Waals surface area contributed by atoms with Crippen LogP contribution in [0.4, 0.5) is 34.1 Å². The quantitative estimate of drug-likeness (QED) is 0.151. The van der Waals surface area contributed by atoms with Gasteiger partial charge in [0.1, 0.15) is 44.7 Å². The highest BCUT2D eigenvalue weighted by Gasteiger charge is 2.26. The molecule has 0 bridgehead atoms. The molecule has 4 heterocycles. The molecule has 0 aliphatic carbocycles. The molecule has 0 fully saturated rings. The molecule has 402 valence electrons. The van der Waals surface area contributed by atoms with Crippen molar-refractivity contribution in [2.75, 3.05) is 9.80 Å². The molecule has 0 saturated carbocycles. The van der Waals surface area contributed by atoms with E-state index in [1.807, 2.05) is 0 Å². The van der Waals surface area contributed by atoms with Crippen molar-refractivity contribution < 1.29 is 17.7 Å². The lowest BCUT2D eigenvalue weighted by molar-refractivity contribution is 0.572. The summed E-state index contributed by atoms with van der Waals surface area (Å²) in [7, 11) is 0. The van der Waals surface area contributed by atoms with E-state index in [1.54, 1.807) is 0 Å². The summed E-state index contributed by atoms with van der Waals surface area (Å²) in [6.07, 6.45) is 0. The third-order valence-electron chi connectivity index (χ3n) is 17.2. The molecular weight excluding hydrogens is 1000 g/mol. The Kier molecular flexibility index (Phi) is 11.0. The first-order valence-electron chi connectivity index (χ1n) is 28.9. The predicted molar refractivity (Wildman–Crippen MR) is 346 cm³/mol. The number of rotatable bonds is 8. The van der Waals surface area contributed by atoms with Crippen LogP contribution in [0.2, 0.25) is 0 Å². The largest absolute Gasteiger partial charge is 0.456 e. The summed E-state index contributed by atoms with van der Waals surface area (Å²) in [5.41, 5.74) is 18.3. The second-order valence-corrected chi connectivity index (χ2v) is 25.3. The van der Waals surface area contributed by atoms with Crippen molar-refractivity contribution in [2.45, 2.75) is 91.9 Å². The Morgan fingerprint density at radius 1 is 0.293 bits per heavy atom. The molecule has 15 aromatic rings. The number of anilines is 6. The van der Waals surface area contributed by atoms with Crippen LogP contribution in [0, 0.1) is 0 Å². The summed E-state index contributed by atoms with van der Waals surface area (Å²) in [5, 5.41) is 13.0. The van der Waals surface area contributed by atoms with Crippen LogP contribution >= 0.6 is 0 Å². The number of hydrogen-bond acceptors (Lipinski definition) is 6. The van der Waals surface area contributed by atoms with Crippen LogP contribution in [0.1, 0.15) is 103 Å². The zero-order valence-corrected chi connectivity index (χ0v) is 48.2. The van der Waals surface area contributed by atoms with Gasteiger partial charge in [-0.2, -0.15) is 0 Å². The standard InChI is InChI=1S/C76H64N2O4/c1-43(2)45-17-23-49(24-18-45)77(53-29-35-65-61(41-53)57-13-11-15-63(73(57)79-65)75(5,6)7)51-27-33-55-47(39-51)21-31-59-69-67(81-71(55)59)37-38-68-70(69)60-32-22-48-40-52(28-34-56(48)72(60)82-68)78(50-25-19-46(20-26-50)44(3)4)54-30-36-66-62(42-54)58-14-12-16-64(74(58)80-66)76(8,9)10/h11-44H,1-10H3. The van der Waals surface area contributed by atoms with E-state index in [4.69, 9.17) is 17.7 Å². The van der Waals surface area contributed by atoms with E-state index in [2.05, 4.69) is 273 Å². The molecule has 6 nitrogen and oxygen atoms in total. The van der Waals surface area contributed by atoms with Crippen molar-refractivity contribution in [3.63, 3.8) is 0 Å². The van der Waals surface area contributed by atoms with E-state index in [0.29, 0.717) is 11.8 Å². The van der Waals surface area contributed by atoms with Gasteiger partial charge in [-0.25, -0.2) is 0 Å². The van der Waals surface area contributed by atoms with E-state index in [0.717, 1.165) is 143 Å². The van der Waals surface area contributed by atoms with Crippen LogP contribution < -0.4 is 9.80 Å². The maximum Gasteiger partial charge on any atom is 0.143 e. The van der Waals surface area contributed by atoms with Crippen LogP contribution in [-0.2, 0) is 10.8 Å². The Balaban J connectivity index is 0.838. The second kappa shape index (κ2) is 18.1. The van der Waals surface area contributed by atoms with E-state index in [9.17, 15) is 0 Å². The number of para-hydroxylation sites is 2. The van der Waals surface area contributed by atoms with Crippen molar-refractivity contribution in [3.05, 3.63) is 216 Å². The Labute approximate surface area is 476 Å². The number of furan rings is 4. The first-order valence-corrected chi connectivity index (χ1v) is 28.9. The highest BCUT2D eigenvalue weighted by Crippen LogP contribution is 2.48. The minimum atomic E-state index is -0.0612. The fourth-order valence-corrected chi connectivity index (χ4v) is 12.9. The van der Waals surface area contributed by atoms with Crippen molar-refractivity contribution in [1.82, 2.24) is 0 Å². The third kappa shape index (κ3) is 7.82. The van der Waals surface area contributed by atoms with Crippen LogP contribution in [0.5, 0.6) is 0 Å². The van der Waals surface area contributed by atoms with Crippen molar-refractivity contribution in [1.29, 1.82) is 0 Å². The Bertz CT molecular complexity index is 4750. The van der Waals surface area contributed by atoms with Gasteiger partial charge in [0.2, 0.25) is 0 Å². The second-order valence-electron chi connectivity index (χ2n) is 25.3. The predicted octanol–water partition coefficient (Wildman–Crippen LogP) is 23.4. The van der Waals surface area contributed by atoms with Crippen molar-refractivity contribution in [2.24, 2.45) is 0 Å². The van der Waals surface area contributed by atoms with Gasteiger partial charge in [-0.15, -0.1) is 0 Å². The molecule has 0 N–H and O–H groups in total. The number of nitrogens with zero attached hydrogens (tertiary/aromatic N) is 2. The maximum absolute atomic E-state index is 6.93. The summed E-state index contributed by atoms with van der Waals surface area (Å²) >= 11 is 0. The summed E-state index contributed by atoms with van der Waals surface area (Å²) < 4.78 is 27.1. The van der Waals surface area contributed by atoms with Gasteiger partial charge in [0.05, 0.1) is 0 Å². The molecule has 4 aromatic heterocycles. The SMILES string of the molecule is CC(C)c1ccc(N(c2ccc3c(ccc4c3oc3ccc5oc6c7ccc(N(c8ccc(C(C)C)cc8)c8ccc9oc%10c(C(C)(C)C)cccc%10c9c8)cc7ccc6c5c34)c2)c2ccc3oc4c(C(C)(C)C)cccc4c3c2)cc1. The lowest BCUT2D eigenvalue weighted by Crippen LogP contribution is -2.11. The van der Waals surface area contributed by atoms with Crippen molar-refractivity contribution >= 4 is 143 Å². The smallest absolute Gasteiger partial charge is 0.143 e. The highest BCUT2D eigenvalue weighted by molar-refractivity contribution is 6.30. The van der Waals surface area contributed by atoms with E-state index in [1.165, 1.54) is 22.3 Å². The zero-order chi connectivity index (χ0) is 56.1. The van der Waals surface area contributed by atoms with Gasteiger partial charge in [0.15, 0.2) is 0 Å². The highest BCUT2D eigenvalue weighted by atomic mass is 16.3. The molecule has 6 heteroatoms. The minimum absolute atomic E-state index is 0.0612. The summed E-state index contributed by atoms with van der Waals surface area (Å²) in [6.45, 7) is 22.4. The summed E-state index contributed by atoms with van der Waals surface area (Å²) in [6, 6.07) is 70.8. The molecule has 15 rings (SSSR count). The molecule has 11 aromatic carbocycles. The minimum Gasteiger partial charge on any atom is -0.456 e. The van der Waals surface area contributed by atoms with Gasteiger partial charge >= 0.3 is 0 Å². The molecule has 0 aliphatic heterocycles. The molecular formula is C76H64N2O4.